The van der Waals surface area contributed by atoms with Crippen molar-refractivity contribution >= 4 is 10.1 Å². The van der Waals surface area contributed by atoms with Gasteiger partial charge in [-0.15, -0.1) is 0 Å². The predicted molar refractivity (Wildman–Crippen MR) is 58.5 cm³/mol. The van der Waals surface area contributed by atoms with Crippen molar-refractivity contribution < 1.29 is 28.3 Å². The summed E-state index contributed by atoms with van der Waals surface area (Å²) in [6, 6.07) is 1.92. The highest BCUT2D eigenvalue weighted by molar-refractivity contribution is 7.86. The lowest BCUT2D eigenvalue weighted by atomic mass is 10.1. The molecule has 96 valence electrons. The van der Waals surface area contributed by atoms with Crippen LogP contribution in [0.3, 0.4) is 0 Å². The average Bonchev–Trinajstić information content (AvgIpc) is 2.20. The fourth-order valence-electron chi connectivity index (χ4n) is 1.31. The molecule has 1 atom stereocenters. The molecular formula is C9H13NO6S. The number of phenolic OH excluding ortho intramolecular Hbond substituents is 2. The number of hydrogen-bond acceptors (Lipinski definition) is 6. The Kier molecular flexibility index (Phi) is 3.94. The van der Waals surface area contributed by atoms with Crippen molar-refractivity contribution in [2.45, 2.75) is 11.0 Å². The van der Waals surface area contributed by atoms with E-state index in [0.717, 1.165) is 12.1 Å². The molecule has 0 aliphatic heterocycles. The molecule has 1 aromatic carbocycles. The van der Waals surface area contributed by atoms with Gasteiger partial charge in [0.15, 0.2) is 11.5 Å². The van der Waals surface area contributed by atoms with Gasteiger partial charge in [0.25, 0.3) is 10.1 Å². The molecule has 0 saturated carbocycles. The number of aliphatic hydroxyl groups excluding tert-OH is 1. The minimum Gasteiger partial charge on any atom is -0.504 e. The van der Waals surface area contributed by atoms with Crippen molar-refractivity contribution in [1.29, 1.82) is 0 Å². The molecule has 0 heterocycles. The molecule has 1 aromatic rings. The fourth-order valence-corrected chi connectivity index (χ4v) is 1.95. The van der Waals surface area contributed by atoms with E-state index >= 15 is 0 Å². The smallest absolute Gasteiger partial charge is 0.298 e. The molecule has 5 N–H and O–H groups in total. The van der Waals surface area contributed by atoms with Crippen LogP contribution in [0, 0.1) is 0 Å². The second-order valence-corrected chi connectivity index (χ2v) is 4.83. The zero-order chi connectivity index (χ0) is 13.2. The van der Waals surface area contributed by atoms with Gasteiger partial charge in [-0.05, 0) is 24.7 Å². The third-order valence-corrected chi connectivity index (χ3v) is 3.00. The van der Waals surface area contributed by atoms with Crippen molar-refractivity contribution in [3.05, 3.63) is 17.7 Å². The maximum atomic E-state index is 10.9. The van der Waals surface area contributed by atoms with Crippen LogP contribution in [-0.2, 0) is 10.1 Å². The molecule has 17 heavy (non-hydrogen) atoms. The van der Waals surface area contributed by atoms with E-state index in [1.165, 1.54) is 0 Å². The molecule has 0 bridgehead atoms. The van der Waals surface area contributed by atoms with Crippen LogP contribution >= 0.6 is 0 Å². The standard InChI is InChI=1S/C9H13NO6S/c1-10-4-7(12)5-2-6(11)9(13)8(3-5)17(14,15)16/h2-3,7,10-13H,4H2,1H3,(H,14,15,16)/t7-/m0/s1. The van der Waals surface area contributed by atoms with Gasteiger partial charge in [-0.2, -0.15) is 8.42 Å². The first-order valence-corrected chi connectivity index (χ1v) is 6.07. The van der Waals surface area contributed by atoms with E-state index in [9.17, 15) is 23.7 Å². The van der Waals surface area contributed by atoms with Crippen LogP contribution in [0.4, 0.5) is 0 Å². The average molecular weight is 263 g/mol. The van der Waals surface area contributed by atoms with Crippen LogP contribution in [0.2, 0.25) is 0 Å². The van der Waals surface area contributed by atoms with Gasteiger partial charge >= 0.3 is 0 Å². The van der Waals surface area contributed by atoms with Gasteiger partial charge in [0.2, 0.25) is 0 Å². The van der Waals surface area contributed by atoms with E-state index in [2.05, 4.69) is 5.32 Å². The lowest BCUT2D eigenvalue weighted by Gasteiger charge is -2.13. The highest BCUT2D eigenvalue weighted by atomic mass is 32.2. The van der Waals surface area contributed by atoms with E-state index in [1.807, 2.05) is 0 Å². The van der Waals surface area contributed by atoms with E-state index < -0.39 is 32.6 Å². The zero-order valence-corrected chi connectivity index (χ0v) is 9.77. The van der Waals surface area contributed by atoms with Gasteiger partial charge < -0.3 is 20.6 Å². The molecule has 0 radical (unpaired) electrons. The first-order chi connectivity index (χ1) is 7.77. The quantitative estimate of drug-likeness (QED) is 0.369. The third-order valence-electron chi connectivity index (χ3n) is 2.14. The van der Waals surface area contributed by atoms with Gasteiger partial charge in [-0.3, -0.25) is 4.55 Å². The number of phenols is 2. The lowest BCUT2D eigenvalue weighted by molar-refractivity contribution is 0.177. The Labute approximate surface area is 98.1 Å². The summed E-state index contributed by atoms with van der Waals surface area (Å²) in [5.41, 5.74) is 0.0577. The van der Waals surface area contributed by atoms with Crippen LogP contribution in [0.5, 0.6) is 11.5 Å². The van der Waals surface area contributed by atoms with Crippen LogP contribution in [-0.4, -0.2) is 41.9 Å². The maximum Gasteiger partial charge on any atom is 0.298 e. The molecule has 8 heteroatoms. The molecule has 7 nitrogen and oxygen atoms in total. The van der Waals surface area contributed by atoms with E-state index in [1.54, 1.807) is 7.05 Å². The third kappa shape index (κ3) is 3.07. The van der Waals surface area contributed by atoms with Crippen LogP contribution in [0.25, 0.3) is 0 Å². The number of aliphatic hydroxyl groups is 1. The van der Waals surface area contributed by atoms with Gasteiger partial charge in [0.05, 0.1) is 6.10 Å². The highest BCUT2D eigenvalue weighted by Crippen LogP contribution is 2.35. The lowest BCUT2D eigenvalue weighted by Crippen LogP contribution is -2.17. The van der Waals surface area contributed by atoms with Gasteiger partial charge in [-0.1, -0.05) is 0 Å². The van der Waals surface area contributed by atoms with Crippen LogP contribution in [0.1, 0.15) is 11.7 Å². The van der Waals surface area contributed by atoms with Crippen molar-refractivity contribution in [1.82, 2.24) is 5.32 Å². The molecule has 0 aliphatic carbocycles. The van der Waals surface area contributed by atoms with Crippen LogP contribution < -0.4 is 5.32 Å². The fraction of sp³-hybridized carbons (Fsp3) is 0.333. The van der Waals surface area contributed by atoms with Crippen molar-refractivity contribution in [2.75, 3.05) is 13.6 Å². The Bertz CT molecular complexity index is 512. The summed E-state index contributed by atoms with van der Waals surface area (Å²) in [5.74, 6) is -1.68. The maximum absolute atomic E-state index is 10.9. The summed E-state index contributed by atoms with van der Waals surface area (Å²) in [4.78, 5) is -0.845. The molecule has 0 saturated heterocycles. The molecule has 0 unspecified atom stereocenters. The molecule has 0 aliphatic rings. The first kappa shape index (κ1) is 13.7. The number of rotatable bonds is 4. The van der Waals surface area contributed by atoms with E-state index in [-0.39, 0.29) is 12.1 Å². The van der Waals surface area contributed by atoms with Crippen LogP contribution in [0.15, 0.2) is 17.0 Å². The van der Waals surface area contributed by atoms with Gasteiger partial charge in [-0.25, -0.2) is 0 Å². The summed E-state index contributed by atoms with van der Waals surface area (Å²) in [5, 5.41) is 30.8. The van der Waals surface area contributed by atoms with Gasteiger partial charge in [0, 0.05) is 6.54 Å². The summed E-state index contributed by atoms with van der Waals surface area (Å²) in [6.07, 6.45) is -1.08. The summed E-state index contributed by atoms with van der Waals surface area (Å²) < 4.78 is 30.7. The number of aromatic hydroxyl groups is 2. The zero-order valence-electron chi connectivity index (χ0n) is 8.95. The number of likely N-dealkylation sites (N-methyl/N-ethyl adjacent to an activating group) is 1. The first-order valence-electron chi connectivity index (χ1n) is 4.63. The molecule has 0 spiro atoms. The molecule has 0 fully saturated rings. The summed E-state index contributed by atoms with van der Waals surface area (Å²) in [7, 11) is -3.09. The second-order valence-electron chi connectivity index (χ2n) is 3.44. The Morgan fingerprint density at radius 1 is 1.35 bits per heavy atom. The van der Waals surface area contributed by atoms with Gasteiger partial charge in [0.1, 0.15) is 4.90 Å². The predicted octanol–water partition coefficient (Wildman–Crippen LogP) is -0.403. The number of nitrogens with one attached hydrogen (secondary N) is 1. The Morgan fingerprint density at radius 3 is 2.41 bits per heavy atom. The topological polar surface area (TPSA) is 127 Å². The monoisotopic (exact) mass is 263 g/mol. The minimum absolute atomic E-state index is 0.0577. The molecular weight excluding hydrogens is 250 g/mol. The number of benzene rings is 1. The normalized spacial score (nSPS) is 13.6. The molecule has 0 amide bonds. The summed E-state index contributed by atoms with van der Waals surface area (Å²) in [6.45, 7) is 0.120. The largest absolute Gasteiger partial charge is 0.504 e. The Hall–Kier alpha value is -1.35. The van der Waals surface area contributed by atoms with Crippen molar-refractivity contribution in [3.8, 4) is 11.5 Å². The molecule has 1 rings (SSSR count). The SMILES string of the molecule is CNC[C@H](O)c1cc(O)c(O)c(S(=O)(=O)O)c1. The van der Waals surface area contributed by atoms with E-state index in [4.69, 9.17) is 4.55 Å². The van der Waals surface area contributed by atoms with E-state index in [0.29, 0.717) is 0 Å². The van der Waals surface area contributed by atoms with Crippen molar-refractivity contribution in [2.24, 2.45) is 0 Å². The minimum atomic E-state index is -4.67. The Balaban J connectivity index is 3.34. The summed E-state index contributed by atoms with van der Waals surface area (Å²) >= 11 is 0. The highest BCUT2D eigenvalue weighted by Gasteiger charge is 2.21. The number of hydrogen-bond donors (Lipinski definition) is 5. The Morgan fingerprint density at radius 2 is 1.94 bits per heavy atom. The van der Waals surface area contributed by atoms with Crippen molar-refractivity contribution in [3.63, 3.8) is 0 Å². The molecule has 0 aromatic heterocycles. The second kappa shape index (κ2) is 4.88.